The molecule has 0 aromatic carbocycles. The first-order chi connectivity index (χ1) is 13.5. The van der Waals surface area contributed by atoms with E-state index in [0.717, 1.165) is 63.2 Å². The summed E-state index contributed by atoms with van der Waals surface area (Å²) in [4.78, 5) is 21.8. The lowest BCUT2D eigenvalue weighted by Gasteiger charge is -2.35. The van der Waals surface area contributed by atoms with Crippen LogP contribution in [-0.4, -0.2) is 74.0 Å². The number of amides is 1. The third-order valence-corrected chi connectivity index (χ3v) is 6.68. The summed E-state index contributed by atoms with van der Waals surface area (Å²) in [7, 11) is 1.83. The van der Waals surface area contributed by atoms with Gasteiger partial charge in [0.2, 0.25) is 5.91 Å². The van der Waals surface area contributed by atoms with Gasteiger partial charge in [-0.3, -0.25) is 9.79 Å². The molecule has 0 radical (unpaired) electrons. The second-order valence-corrected chi connectivity index (χ2v) is 9.45. The molecule has 6 heteroatoms. The summed E-state index contributed by atoms with van der Waals surface area (Å²) in [6.45, 7) is 10.8. The fraction of sp³-hybridized carbons (Fsp3) is 0.909. The molecule has 6 nitrogen and oxygen atoms in total. The molecule has 2 N–H and O–H groups in total. The van der Waals surface area contributed by atoms with Gasteiger partial charge < -0.3 is 20.4 Å². The molecule has 2 saturated heterocycles. The van der Waals surface area contributed by atoms with Crippen LogP contribution in [0, 0.1) is 17.8 Å². The first-order valence-corrected chi connectivity index (χ1v) is 11.5. The van der Waals surface area contributed by atoms with E-state index >= 15 is 0 Å². The quantitative estimate of drug-likeness (QED) is 0.558. The number of carbonyl (C=O) groups is 1. The van der Waals surface area contributed by atoms with Crippen LogP contribution < -0.4 is 10.6 Å². The second-order valence-electron chi connectivity index (χ2n) is 9.45. The first-order valence-electron chi connectivity index (χ1n) is 11.5. The zero-order chi connectivity index (χ0) is 19.9. The van der Waals surface area contributed by atoms with Gasteiger partial charge in [0, 0.05) is 58.3 Å². The Morgan fingerprint density at radius 1 is 1.04 bits per heavy atom. The average Bonchev–Trinajstić information content (AvgIpc) is 3.15. The van der Waals surface area contributed by atoms with Crippen LogP contribution in [-0.2, 0) is 4.79 Å². The average molecular weight is 392 g/mol. The summed E-state index contributed by atoms with van der Waals surface area (Å²) >= 11 is 0. The Morgan fingerprint density at radius 3 is 2.43 bits per heavy atom. The lowest BCUT2D eigenvalue weighted by Crippen LogP contribution is -2.48. The van der Waals surface area contributed by atoms with Gasteiger partial charge in [-0.15, -0.1) is 0 Å². The first kappa shape index (κ1) is 21.4. The number of likely N-dealkylation sites (tertiary alicyclic amines) is 2. The summed E-state index contributed by atoms with van der Waals surface area (Å²) in [5.74, 6) is 3.13. The molecule has 1 saturated carbocycles. The van der Waals surface area contributed by atoms with Crippen molar-refractivity contribution in [1.82, 2.24) is 20.4 Å². The fourth-order valence-corrected chi connectivity index (χ4v) is 5.38. The van der Waals surface area contributed by atoms with Gasteiger partial charge in [0.1, 0.15) is 0 Å². The molecule has 0 aromatic rings. The highest BCUT2D eigenvalue weighted by molar-refractivity contribution is 5.81. The number of hydrogen-bond acceptors (Lipinski definition) is 3. The van der Waals surface area contributed by atoms with Crippen molar-refractivity contribution in [3.8, 4) is 0 Å². The molecule has 2 heterocycles. The van der Waals surface area contributed by atoms with E-state index in [-0.39, 0.29) is 5.92 Å². The summed E-state index contributed by atoms with van der Waals surface area (Å²) in [5, 5.41) is 7.01. The Morgan fingerprint density at radius 2 is 1.75 bits per heavy atom. The van der Waals surface area contributed by atoms with Crippen LogP contribution in [0.3, 0.4) is 0 Å². The maximum atomic E-state index is 12.7. The molecule has 3 rings (SSSR count). The van der Waals surface area contributed by atoms with E-state index in [1.165, 1.54) is 38.8 Å². The summed E-state index contributed by atoms with van der Waals surface area (Å²) in [6, 6.07) is 0.314. The van der Waals surface area contributed by atoms with Crippen molar-refractivity contribution in [3.63, 3.8) is 0 Å². The highest BCUT2D eigenvalue weighted by atomic mass is 16.2. The summed E-state index contributed by atoms with van der Waals surface area (Å²) < 4.78 is 0. The van der Waals surface area contributed by atoms with Gasteiger partial charge in [-0.2, -0.15) is 0 Å². The Balaban J connectivity index is 1.37. The lowest BCUT2D eigenvalue weighted by atomic mass is 9.88. The van der Waals surface area contributed by atoms with Crippen LogP contribution >= 0.6 is 0 Å². The van der Waals surface area contributed by atoms with Gasteiger partial charge in [-0.1, -0.05) is 33.1 Å². The molecule has 0 spiro atoms. The topological polar surface area (TPSA) is 60.0 Å². The largest absolute Gasteiger partial charge is 0.355 e. The van der Waals surface area contributed by atoms with E-state index in [2.05, 4.69) is 39.3 Å². The monoisotopic (exact) mass is 391 g/mol. The van der Waals surface area contributed by atoms with Crippen LogP contribution in [0.25, 0.3) is 0 Å². The molecular formula is C22H41N5O. The summed E-state index contributed by atoms with van der Waals surface area (Å²) in [5.41, 5.74) is 0. The molecule has 160 valence electrons. The standard InChI is InChI=1S/C22H41N5O/c1-17-13-18(2)15-26(14-17)12-10-24-22(23-3)25-20-9-11-27(16-20)21(28)19-7-5-4-6-8-19/h17-20H,4-16H2,1-3H3,(H2,23,24,25). The molecule has 3 aliphatic rings. The van der Waals surface area contributed by atoms with Crippen molar-refractivity contribution in [2.75, 3.05) is 46.3 Å². The highest BCUT2D eigenvalue weighted by Gasteiger charge is 2.31. The van der Waals surface area contributed by atoms with Crippen molar-refractivity contribution < 1.29 is 4.79 Å². The molecule has 28 heavy (non-hydrogen) atoms. The molecule has 0 aromatic heterocycles. The van der Waals surface area contributed by atoms with Crippen molar-refractivity contribution in [2.45, 2.75) is 64.8 Å². The minimum absolute atomic E-state index is 0.277. The van der Waals surface area contributed by atoms with Gasteiger partial charge >= 0.3 is 0 Å². The Labute approximate surface area is 171 Å². The van der Waals surface area contributed by atoms with Gasteiger partial charge in [0.25, 0.3) is 0 Å². The van der Waals surface area contributed by atoms with Crippen molar-refractivity contribution in [1.29, 1.82) is 0 Å². The number of rotatable bonds is 5. The smallest absolute Gasteiger partial charge is 0.225 e. The Hall–Kier alpha value is -1.30. The van der Waals surface area contributed by atoms with Gasteiger partial charge in [-0.25, -0.2) is 0 Å². The van der Waals surface area contributed by atoms with Crippen LogP contribution in [0.5, 0.6) is 0 Å². The predicted octanol–water partition coefficient (Wildman–Crippen LogP) is 2.31. The van der Waals surface area contributed by atoms with Crippen LogP contribution in [0.4, 0.5) is 0 Å². The molecule has 1 amide bonds. The minimum atomic E-state index is 0.277. The maximum absolute atomic E-state index is 12.7. The molecule has 3 atom stereocenters. The van der Waals surface area contributed by atoms with Gasteiger partial charge in [-0.05, 0) is 37.5 Å². The lowest BCUT2D eigenvalue weighted by molar-refractivity contribution is -0.135. The predicted molar refractivity (Wildman–Crippen MR) is 115 cm³/mol. The zero-order valence-electron chi connectivity index (χ0n) is 18.3. The van der Waals surface area contributed by atoms with Crippen LogP contribution in [0.15, 0.2) is 4.99 Å². The number of aliphatic imine (C=N–C) groups is 1. The maximum Gasteiger partial charge on any atom is 0.225 e. The van der Waals surface area contributed by atoms with Crippen molar-refractivity contribution in [2.24, 2.45) is 22.7 Å². The van der Waals surface area contributed by atoms with E-state index in [4.69, 9.17) is 0 Å². The molecule has 0 bridgehead atoms. The third kappa shape index (κ3) is 6.10. The molecule has 3 unspecified atom stereocenters. The number of nitrogens with one attached hydrogen (secondary N) is 2. The zero-order valence-corrected chi connectivity index (χ0v) is 18.3. The Bertz CT molecular complexity index is 521. The number of nitrogens with zero attached hydrogens (tertiary/aromatic N) is 3. The van der Waals surface area contributed by atoms with Crippen LogP contribution in [0.1, 0.15) is 58.8 Å². The second kappa shape index (κ2) is 10.5. The number of carbonyl (C=O) groups excluding carboxylic acids is 1. The molecule has 1 aliphatic carbocycles. The third-order valence-electron chi connectivity index (χ3n) is 6.68. The minimum Gasteiger partial charge on any atom is -0.355 e. The fourth-order valence-electron chi connectivity index (χ4n) is 5.38. The van der Waals surface area contributed by atoms with Crippen LogP contribution in [0.2, 0.25) is 0 Å². The number of hydrogen-bond donors (Lipinski definition) is 2. The van der Waals surface area contributed by atoms with Crippen molar-refractivity contribution >= 4 is 11.9 Å². The van der Waals surface area contributed by atoms with Crippen molar-refractivity contribution in [3.05, 3.63) is 0 Å². The van der Waals surface area contributed by atoms with Gasteiger partial charge in [0.05, 0.1) is 0 Å². The molecular weight excluding hydrogens is 350 g/mol. The summed E-state index contributed by atoms with van der Waals surface area (Å²) in [6.07, 6.45) is 8.28. The van der Waals surface area contributed by atoms with E-state index < -0.39 is 0 Å². The number of guanidine groups is 1. The van der Waals surface area contributed by atoms with E-state index in [9.17, 15) is 4.79 Å². The normalized spacial score (nSPS) is 30.5. The van der Waals surface area contributed by atoms with E-state index in [0.29, 0.717) is 11.9 Å². The Kier molecular flexibility index (Phi) is 8.00. The van der Waals surface area contributed by atoms with Gasteiger partial charge in [0.15, 0.2) is 5.96 Å². The van der Waals surface area contributed by atoms with E-state index in [1.807, 2.05) is 7.05 Å². The SMILES string of the molecule is CN=C(NCCN1CC(C)CC(C)C1)NC1CCN(C(=O)C2CCCCC2)C1. The molecule has 2 aliphatic heterocycles. The number of piperidine rings is 1. The highest BCUT2D eigenvalue weighted by Crippen LogP contribution is 2.26. The molecule has 3 fully saturated rings. The van der Waals surface area contributed by atoms with E-state index in [1.54, 1.807) is 0 Å².